The van der Waals surface area contributed by atoms with Crippen LogP contribution in [-0.2, 0) is 27.1 Å². The molecule has 0 radical (unpaired) electrons. The molecule has 172 valence electrons. The normalized spacial score (nSPS) is 13.7. The second kappa shape index (κ2) is 11.9. The first-order valence-corrected chi connectivity index (χ1v) is 10.8. The van der Waals surface area contributed by atoms with Crippen LogP contribution in [0.4, 0.5) is 0 Å². The SMILES string of the molecule is CC(C)(C)C(c1ccccc1)(c1ccccc1)C1c2[c-]cccc2-c2ccccc21.[Cl-].[Cl-].[Cl-].[Ti+4]. The topological polar surface area (TPSA) is 0 Å². The third-order valence-corrected chi connectivity index (χ3v) is 6.81. The Balaban J connectivity index is 0.00000144. The second-order valence-electron chi connectivity index (χ2n) is 9.31. The van der Waals surface area contributed by atoms with Gasteiger partial charge in [0.1, 0.15) is 0 Å². The van der Waals surface area contributed by atoms with Crippen molar-refractivity contribution in [2.45, 2.75) is 32.1 Å². The van der Waals surface area contributed by atoms with E-state index in [2.05, 4.69) is 130 Å². The number of hydrogen-bond donors (Lipinski definition) is 0. The zero-order chi connectivity index (χ0) is 20.8. The standard InChI is InChI=1S/C30H27.3ClH.Ti/c1-29(2,3)30(22-14-6-4-7-15-22,23-16-8-5-9-17-23)28-26-20-12-10-18-24(26)25-19-11-13-21-27(25)28;;;;/h4-20,28H,1-3H3;3*1H;/q-1;;;;+4/p-3. The van der Waals surface area contributed by atoms with Crippen LogP contribution < -0.4 is 37.2 Å². The molecule has 0 spiro atoms. The fourth-order valence-corrected chi connectivity index (χ4v) is 5.72. The van der Waals surface area contributed by atoms with E-state index in [1.807, 2.05) is 0 Å². The van der Waals surface area contributed by atoms with E-state index in [0.717, 1.165) is 0 Å². The van der Waals surface area contributed by atoms with Gasteiger partial charge in [0.2, 0.25) is 0 Å². The van der Waals surface area contributed by atoms with Crippen molar-refractivity contribution >= 4 is 0 Å². The zero-order valence-corrected chi connectivity index (χ0v) is 23.4. The molecule has 5 rings (SSSR count). The summed E-state index contributed by atoms with van der Waals surface area (Å²) in [6.45, 7) is 7.16. The first kappa shape index (κ1) is 30.5. The summed E-state index contributed by atoms with van der Waals surface area (Å²) >= 11 is 0. The molecule has 4 heteroatoms. The van der Waals surface area contributed by atoms with E-state index in [4.69, 9.17) is 0 Å². The minimum Gasteiger partial charge on any atom is -1.00 e. The molecule has 1 aliphatic rings. The maximum atomic E-state index is 3.66. The third-order valence-electron chi connectivity index (χ3n) is 6.81. The van der Waals surface area contributed by atoms with E-state index in [0.29, 0.717) is 0 Å². The average Bonchev–Trinajstić information content (AvgIpc) is 3.10. The Morgan fingerprint density at radius 1 is 0.588 bits per heavy atom. The predicted molar refractivity (Wildman–Crippen MR) is 126 cm³/mol. The molecule has 0 N–H and O–H groups in total. The van der Waals surface area contributed by atoms with Crippen molar-refractivity contribution in [3.8, 4) is 11.1 Å². The van der Waals surface area contributed by atoms with Crippen molar-refractivity contribution in [1.29, 1.82) is 0 Å². The van der Waals surface area contributed by atoms with Crippen LogP contribution in [0.25, 0.3) is 11.1 Å². The molecule has 1 unspecified atom stereocenters. The molecule has 1 aliphatic carbocycles. The van der Waals surface area contributed by atoms with Gasteiger partial charge in [-0.05, 0) is 22.1 Å². The largest absolute Gasteiger partial charge is 4.00 e. The summed E-state index contributed by atoms with van der Waals surface area (Å²) in [7, 11) is 0. The van der Waals surface area contributed by atoms with Gasteiger partial charge in [0.15, 0.2) is 0 Å². The molecule has 0 amide bonds. The van der Waals surface area contributed by atoms with Crippen molar-refractivity contribution in [2.24, 2.45) is 5.41 Å². The fraction of sp³-hybridized carbons (Fsp3) is 0.200. The van der Waals surface area contributed by atoms with Crippen LogP contribution in [0.15, 0.2) is 103 Å². The summed E-state index contributed by atoms with van der Waals surface area (Å²) in [5.74, 6) is 0.190. The number of hydrogen-bond acceptors (Lipinski definition) is 0. The maximum Gasteiger partial charge on any atom is 4.00 e. The van der Waals surface area contributed by atoms with Crippen LogP contribution in [0.5, 0.6) is 0 Å². The quantitative estimate of drug-likeness (QED) is 0.222. The Hall–Kier alpha value is -1.54. The number of fused-ring (bicyclic) bond motifs is 3. The zero-order valence-electron chi connectivity index (χ0n) is 19.5. The Morgan fingerprint density at radius 3 is 1.59 bits per heavy atom. The summed E-state index contributed by atoms with van der Waals surface area (Å²) in [6.07, 6.45) is 0. The molecule has 0 aromatic heterocycles. The monoisotopic (exact) mass is 540 g/mol. The van der Waals surface area contributed by atoms with E-state index >= 15 is 0 Å². The van der Waals surface area contributed by atoms with Gasteiger partial charge in [-0.1, -0.05) is 111 Å². The van der Waals surface area contributed by atoms with Gasteiger partial charge in [0, 0.05) is 11.3 Å². The number of rotatable bonds is 3. The van der Waals surface area contributed by atoms with Crippen molar-refractivity contribution in [3.63, 3.8) is 0 Å². The Kier molecular flexibility index (Phi) is 10.7. The molecule has 1 atom stereocenters. The Labute approximate surface area is 237 Å². The van der Waals surface area contributed by atoms with Crippen LogP contribution in [0, 0.1) is 11.5 Å². The average molecular weight is 542 g/mol. The molecule has 4 aromatic rings. The van der Waals surface area contributed by atoms with Crippen molar-refractivity contribution in [1.82, 2.24) is 0 Å². The molecule has 0 bridgehead atoms. The number of halogens is 3. The first-order chi connectivity index (χ1) is 14.5. The van der Waals surface area contributed by atoms with Crippen molar-refractivity contribution in [3.05, 3.63) is 131 Å². The maximum absolute atomic E-state index is 3.66. The van der Waals surface area contributed by atoms with Gasteiger partial charge in [-0.3, -0.25) is 0 Å². The van der Waals surface area contributed by atoms with E-state index in [1.54, 1.807) is 0 Å². The minimum atomic E-state index is -0.241. The van der Waals surface area contributed by atoms with E-state index in [-0.39, 0.29) is 75.7 Å². The minimum absolute atomic E-state index is 0. The summed E-state index contributed by atoms with van der Waals surface area (Å²) in [6, 6.07) is 41.2. The molecule has 0 saturated carbocycles. The van der Waals surface area contributed by atoms with Crippen LogP contribution in [0.3, 0.4) is 0 Å². The molecule has 34 heavy (non-hydrogen) atoms. The summed E-state index contributed by atoms with van der Waals surface area (Å²) < 4.78 is 0. The molecule has 0 saturated heterocycles. The number of benzene rings is 4. The van der Waals surface area contributed by atoms with Gasteiger partial charge in [0.05, 0.1) is 0 Å². The van der Waals surface area contributed by atoms with E-state index < -0.39 is 0 Å². The predicted octanol–water partition coefficient (Wildman–Crippen LogP) is -1.36. The summed E-state index contributed by atoms with van der Waals surface area (Å²) in [4.78, 5) is 0. The summed E-state index contributed by atoms with van der Waals surface area (Å²) in [5.41, 5.74) is 7.79. The van der Waals surface area contributed by atoms with Crippen LogP contribution >= 0.6 is 0 Å². The van der Waals surface area contributed by atoms with E-state index in [9.17, 15) is 0 Å². The Morgan fingerprint density at radius 2 is 1.06 bits per heavy atom. The van der Waals surface area contributed by atoms with E-state index in [1.165, 1.54) is 33.4 Å². The molecular formula is C30H27Cl3Ti. The van der Waals surface area contributed by atoms with Crippen LogP contribution in [0.1, 0.15) is 48.9 Å². The van der Waals surface area contributed by atoms with Gasteiger partial charge in [-0.2, -0.15) is 24.3 Å². The molecule has 4 aromatic carbocycles. The van der Waals surface area contributed by atoms with Crippen molar-refractivity contribution < 1.29 is 58.9 Å². The molecule has 0 fully saturated rings. The van der Waals surface area contributed by atoms with Gasteiger partial charge < -0.3 is 37.2 Å². The smallest absolute Gasteiger partial charge is 1.00 e. The third kappa shape index (κ3) is 4.64. The van der Waals surface area contributed by atoms with Gasteiger partial charge in [-0.25, -0.2) is 0 Å². The second-order valence-corrected chi connectivity index (χ2v) is 9.31. The van der Waals surface area contributed by atoms with Gasteiger partial charge in [-0.15, -0.1) is 11.1 Å². The molecule has 0 nitrogen and oxygen atoms in total. The Bertz CT molecular complexity index is 1100. The van der Waals surface area contributed by atoms with Crippen LogP contribution in [-0.4, -0.2) is 0 Å². The molecule has 0 aliphatic heterocycles. The molecule has 0 heterocycles. The van der Waals surface area contributed by atoms with Gasteiger partial charge >= 0.3 is 21.7 Å². The molecular weight excluding hydrogens is 515 g/mol. The van der Waals surface area contributed by atoms with Crippen molar-refractivity contribution in [2.75, 3.05) is 0 Å². The van der Waals surface area contributed by atoms with Crippen LogP contribution in [0.2, 0.25) is 0 Å². The summed E-state index contributed by atoms with van der Waals surface area (Å²) in [5, 5.41) is 0. The first-order valence-electron chi connectivity index (χ1n) is 10.8. The fourth-order valence-electron chi connectivity index (χ4n) is 5.72. The van der Waals surface area contributed by atoms with Gasteiger partial charge in [0.25, 0.3) is 0 Å².